The van der Waals surface area contributed by atoms with Gasteiger partial charge < -0.3 is 20.3 Å². The Kier molecular flexibility index (Phi) is 5.97. The number of nitrogens with one attached hydrogen (secondary N) is 2. The highest BCUT2D eigenvalue weighted by Gasteiger charge is 2.11. The first-order valence-electron chi connectivity index (χ1n) is 7.26. The number of hydrogen-bond acceptors (Lipinski definition) is 4. The molecule has 7 heteroatoms. The lowest BCUT2D eigenvalue weighted by Gasteiger charge is -2.16. The first-order chi connectivity index (χ1) is 10.6. The van der Waals surface area contributed by atoms with E-state index in [1.807, 2.05) is 29.9 Å². The molecule has 3 N–H and O–H groups in total. The Hall–Kier alpha value is -1.86. The molecule has 2 aromatic rings. The highest BCUT2D eigenvalue weighted by atomic mass is 32.1. The van der Waals surface area contributed by atoms with Gasteiger partial charge in [0.15, 0.2) is 0 Å². The molecule has 0 fully saturated rings. The number of hydrogen-bond donors (Lipinski definition) is 3. The molecule has 2 atom stereocenters. The molecule has 0 saturated heterocycles. The van der Waals surface area contributed by atoms with E-state index in [1.54, 1.807) is 6.20 Å². The molecule has 22 heavy (non-hydrogen) atoms. The Morgan fingerprint density at radius 2 is 2.23 bits per heavy atom. The first kappa shape index (κ1) is 16.5. The summed E-state index contributed by atoms with van der Waals surface area (Å²) in [7, 11) is 0. The molecule has 0 radical (unpaired) electrons. The van der Waals surface area contributed by atoms with E-state index in [9.17, 15) is 9.90 Å². The van der Waals surface area contributed by atoms with Crippen LogP contribution in [0.1, 0.15) is 24.4 Å². The van der Waals surface area contributed by atoms with Crippen LogP contribution in [0.5, 0.6) is 0 Å². The third-order valence-electron chi connectivity index (χ3n) is 3.43. The normalized spacial score (nSPS) is 13.6. The number of carbonyl (C=O) groups excluding carboxylic acids is 1. The number of aryl methyl sites for hydroxylation is 1. The van der Waals surface area contributed by atoms with Crippen LogP contribution >= 0.6 is 11.3 Å². The van der Waals surface area contributed by atoms with Crippen molar-refractivity contribution in [1.82, 2.24) is 20.2 Å². The molecular weight excluding hydrogens is 300 g/mol. The Morgan fingerprint density at radius 1 is 1.45 bits per heavy atom. The number of urea groups is 1. The van der Waals surface area contributed by atoms with Gasteiger partial charge in [-0.05, 0) is 35.2 Å². The zero-order chi connectivity index (χ0) is 15.9. The maximum atomic E-state index is 11.7. The van der Waals surface area contributed by atoms with E-state index in [-0.39, 0.29) is 12.6 Å². The third kappa shape index (κ3) is 4.85. The van der Waals surface area contributed by atoms with E-state index in [4.69, 9.17) is 0 Å². The van der Waals surface area contributed by atoms with Gasteiger partial charge in [0.05, 0.1) is 6.10 Å². The van der Waals surface area contributed by atoms with Gasteiger partial charge in [-0.2, -0.15) is 11.3 Å². The number of aliphatic hydroxyl groups is 1. The number of rotatable bonds is 7. The van der Waals surface area contributed by atoms with Crippen LogP contribution < -0.4 is 10.6 Å². The number of carbonyl (C=O) groups is 1. The predicted octanol–water partition coefficient (Wildman–Crippen LogP) is 1.92. The average molecular weight is 322 g/mol. The molecule has 2 aromatic heterocycles. The molecule has 0 aliphatic rings. The van der Waals surface area contributed by atoms with Gasteiger partial charge in [-0.1, -0.05) is 6.92 Å². The van der Waals surface area contributed by atoms with E-state index in [2.05, 4.69) is 27.1 Å². The van der Waals surface area contributed by atoms with Crippen LogP contribution in [0.15, 0.2) is 29.2 Å². The largest absolute Gasteiger partial charge is 0.387 e. The van der Waals surface area contributed by atoms with E-state index < -0.39 is 6.10 Å². The number of imidazole rings is 1. The van der Waals surface area contributed by atoms with Gasteiger partial charge in [-0.3, -0.25) is 0 Å². The fourth-order valence-corrected chi connectivity index (χ4v) is 2.81. The maximum Gasteiger partial charge on any atom is 0.314 e. The Morgan fingerprint density at radius 3 is 2.86 bits per heavy atom. The summed E-state index contributed by atoms with van der Waals surface area (Å²) in [4.78, 5) is 15.9. The van der Waals surface area contributed by atoms with Crippen molar-refractivity contribution >= 4 is 17.4 Å². The van der Waals surface area contributed by atoms with E-state index >= 15 is 0 Å². The lowest BCUT2D eigenvalue weighted by Crippen LogP contribution is -2.40. The molecule has 6 nitrogen and oxygen atoms in total. The second kappa shape index (κ2) is 7.95. The van der Waals surface area contributed by atoms with Gasteiger partial charge >= 0.3 is 6.03 Å². The van der Waals surface area contributed by atoms with Crippen LogP contribution in [0, 0.1) is 12.8 Å². The molecule has 0 bridgehead atoms. The van der Waals surface area contributed by atoms with Crippen molar-refractivity contribution in [2.24, 2.45) is 5.92 Å². The van der Waals surface area contributed by atoms with Crippen LogP contribution in [-0.2, 0) is 6.54 Å². The molecule has 2 amide bonds. The van der Waals surface area contributed by atoms with Crippen LogP contribution in [0.25, 0.3) is 0 Å². The SMILES string of the molecule is Cc1nccn1CC(C)CNC(=O)NCC(O)c1ccsc1. The molecule has 2 rings (SSSR count). The van der Waals surface area contributed by atoms with Crippen molar-refractivity contribution in [2.45, 2.75) is 26.5 Å². The minimum atomic E-state index is -0.664. The summed E-state index contributed by atoms with van der Waals surface area (Å²) in [6.45, 7) is 5.61. The molecule has 0 spiro atoms. The molecule has 0 saturated carbocycles. The summed E-state index contributed by atoms with van der Waals surface area (Å²) in [5.41, 5.74) is 0.828. The van der Waals surface area contributed by atoms with E-state index in [0.29, 0.717) is 12.5 Å². The van der Waals surface area contributed by atoms with Gasteiger partial charge in [0.1, 0.15) is 5.82 Å². The smallest absolute Gasteiger partial charge is 0.314 e. The number of thiophene rings is 1. The quantitative estimate of drug-likeness (QED) is 0.729. The van der Waals surface area contributed by atoms with Gasteiger partial charge in [0, 0.05) is 32.0 Å². The molecule has 2 unspecified atom stereocenters. The van der Waals surface area contributed by atoms with E-state index in [0.717, 1.165) is 17.9 Å². The summed E-state index contributed by atoms with van der Waals surface area (Å²) in [6.07, 6.45) is 3.04. The molecule has 0 aliphatic carbocycles. The van der Waals surface area contributed by atoms with Gasteiger partial charge in [-0.25, -0.2) is 9.78 Å². The summed E-state index contributed by atoms with van der Waals surface area (Å²) in [5, 5.41) is 19.2. The van der Waals surface area contributed by atoms with Crippen LogP contribution in [0.4, 0.5) is 4.79 Å². The van der Waals surface area contributed by atoms with Crippen molar-refractivity contribution in [1.29, 1.82) is 0 Å². The Bertz CT molecular complexity index is 582. The second-order valence-electron chi connectivity index (χ2n) is 5.40. The minimum Gasteiger partial charge on any atom is -0.387 e. The summed E-state index contributed by atoms with van der Waals surface area (Å²) < 4.78 is 2.06. The fraction of sp³-hybridized carbons (Fsp3) is 0.467. The lowest BCUT2D eigenvalue weighted by atomic mass is 10.2. The zero-order valence-corrected chi connectivity index (χ0v) is 13.6. The number of aromatic nitrogens is 2. The van der Waals surface area contributed by atoms with Crippen molar-refractivity contribution in [2.75, 3.05) is 13.1 Å². The standard InChI is InChI=1S/C15H22N4O2S/c1-11(9-19-5-4-16-12(19)2)7-17-15(21)18-8-14(20)13-3-6-22-10-13/h3-6,10-11,14,20H,7-9H2,1-2H3,(H2,17,18,21). The monoisotopic (exact) mass is 322 g/mol. The van der Waals surface area contributed by atoms with Gasteiger partial charge in [-0.15, -0.1) is 0 Å². The highest BCUT2D eigenvalue weighted by Crippen LogP contribution is 2.14. The summed E-state index contributed by atoms with van der Waals surface area (Å²) in [5.74, 6) is 1.26. The van der Waals surface area contributed by atoms with Gasteiger partial charge in [0.2, 0.25) is 0 Å². The van der Waals surface area contributed by atoms with Crippen LogP contribution in [-0.4, -0.2) is 33.8 Å². The molecule has 120 valence electrons. The number of amides is 2. The third-order valence-corrected chi connectivity index (χ3v) is 4.13. The first-order valence-corrected chi connectivity index (χ1v) is 8.20. The molecule has 2 heterocycles. The lowest BCUT2D eigenvalue weighted by molar-refractivity contribution is 0.173. The van der Waals surface area contributed by atoms with Crippen molar-refractivity contribution in [3.05, 3.63) is 40.6 Å². The molecule has 0 aliphatic heterocycles. The minimum absolute atomic E-state index is 0.206. The van der Waals surface area contributed by atoms with Crippen molar-refractivity contribution in [3.8, 4) is 0 Å². The predicted molar refractivity (Wildman–Crippen MR) is 86.8 cm³/mol. The van der Waals surface area contributed by atoms with Crippen LogP contribution in [0.3, 0.4) is 0 Å². The van der Waals surface area contributed by atoms with Crippen molar-refractivity contribution in [3.63, 3.8) is 0 Å². The Balaban J connectivity index is 1.66. The molecule has 0 aromatic carbocycles. The zero-order valence-electron chi connectivity index (χ0n) is 12.8. The topological polar surface area (TPSA) is 79.2 Å². The number of aliphatic hydroxyl groups excluding tert-OH is 1. The fourth-order valence-electron chi connectivity index (χ4n) is 2.10. The van der Waals surface area contributed by atoms with Crippen LogP contribution in [0.2, 0.25) is 0 Å². The average Bonchev–Trinajstić information content (AvgIpc) is 3.15. The van der Waals surface area contributed by atoms with Gasteiger partial charge in [0.25, 0.3) is 0 Å². The maximum absolute atomic E-state index is 11.7. The van der Waals surface area contributed by atoms with Crippen molar-refractivity contribution < 1.29 is 9.90 Å². The van der Waals surface area contributed by atoms with E-state index in [1.165, 1.54) is 11.3 Å². The molecular formula is C15H22N4O2S. The number of nitrogens with zero attached hydrogens (tertiary/aromatic N) is 2. The summed E-state index contributed by atoms with van der Waals surface area (Å²) in [6, 6.07) is 1.59. The summed E-state index contributed by atoms with van der Waals surface area (Å²) >= 11 is 1.52. The Labute approximate surface area is 134 Å². The highest BCUT2D eigenvalue weighted by molar-refractivity contribution is 7.07. The second-order valence-corrected chi connectivity index (χ2v) is 6.18.